The number of aromatic nitrogens is 2. The highest BCUT2D eigenvalue weighted by Crippen LogP contribution is 2.23. The zero-order valence-corrected chi connectivity index (χ0v) is 18.5. The molecule has 1 amide bonds. The van der Waals surface area contributed by atoms with Crippen molar-refractivity contribution in [1.82, 2.24) is 20.0 Å². The highest BCUT2D eigenvalue weighted by atomic mass is 19.4. The molecule has 2 heterocycles. The Kier molecular flexibility index (Phi) is 7.46. The van der Waals surface area contributed by atoms with Crippen LogP contribution in [0.1, 0.15) is 24.3 Å². The molecule has 10 heteroatoms. The van der Waals surface area contributed by atoms with Gasteiger partial charge in [-0.3, -0.25) is 9.69 Å². The average molecular weight is 474 g/mol. The van der Waals surface area contributed by atoms with Gasteiger partial charge in [-0.15, -0.1) is 23.4 Å². The van der Waals surface area contributed by atoms with Crippen molar-refractivity contribution >= 4 is 5.91 Å². The molecule has 7 nitrogen and oxygen atoms in total. The maximum atomic E-state index is 12.6. The first-order valence-corrected chi connectivity index (χ1v) is 11.1. The Hall–Kier alpha value is -3.40. The van der Waals surface area contributed by atoms with E-state index in [0.717, 1.165) is 11.1 Å². The number of nitrogens with zero attached hydrogens (tertiary/aromatic N) is 4. The number of aryl methyl sites for hydroxylation is 1. The van der Waals surface area contributed by atoms with Crippen LogP contribution in [0.25, 0.3) is 11.5 Å². The third-order valence-corrected chi connectivity index (χ3v) is 5.56. The van der Waals surface area contributed by atoms with Gasteiger partial charge in [0.15, 0.2) is 0 Å². The molecule has 1 fully saturated rings. The number of amides is 1. The van der Waals surface area contributed by atoms with Gasteiger partial charge in [0.1, 0.15) is 5.75 Å². The summed E-state index contributed by atoms with van der Waals surface area (Å²) in [6.07, 6.45) is -3.12. The monoisotopic (exact) mass is 474 g/mol. The lowest BCUT2D eigenvalue weighted by atomic mass is 10.1. The highest BCUT2D eigenvalue weighted by Gasteiger charge is 2.31. The first kappa shape index (κ1) is 23.7. The zero-order chi connectivity index (χ0) is 24.0. The smallest absolute Gasteiger partial charge is 0.421 e. The van der Waals surface area contributed by atoms with Crippen LogP contribution in [-0.2, 0) is 17.8 Å². The van der Waals surface area contributed by atoms with Crippen molar-refractivity contribution in [1.29, 1.82) is 0 Å². The molecule has 0 bridgehead atoms. The van der Waals surface area contributed by atoms with Crippen LogP contribution in [0.3, 0.4) is 0 Å². The van der Waals surface area contributed by atoms with Gasteiger partial charge < -0.3 is 14.1 Å². The molecule has 4 rings (SSSR count). The second kappa shape index (κ2) is 10.7. The number of carbonyl (C=O) groups is 1. The van der Waals surface area contributed by atoms with E-state index >= 15 is 0 Å². The van der Waals surface area contributed by atoms with Gasteiger partial charge in [-0.2, -0.15) is 0 Å². The average Bonchev–Trinajstić information content (AvgIpc) is 3.29. The van der Waals surface area contributed by atoms with Crippen LogP contribution >= 0.6 is 0 Å². The summed E-state index contributed by atoms with van der Waals surface area (Å²) in [5.41, 5.74) is 1.75. The van der Waals surface area contributed by atoms with Crippen molar-refractivity contribution in [3.05, 3.63) is 66.1 Å². The van der Waals surface area contributed by atoms with E-state index in [1.807, 2.05) is 35.2 Å². The number of alkyl halides is 3. The summed E-state index contributed by atoms with van der Waals surface area (Å²) in [7, 11) is 0. The minimum Gasteiger partial charge on any atom is -0.421 e. The van der Waals surface area contributed by atoms with Crippen molar-refractivity contribution in [2.75, 3.05) is 26.2 Å². The van der Waals surface area contributed by atoms with E-state index in [4.69, 9.17) is 4.42 Å². The summed E-state index contributed by atoms with van der Waals surface area (Å²) in [4.78, 5) is 16.6. The molecule has 0 aliphatic carbocycles. The van der Waals surface area contributed by atoms with E-state index in [1.54, 1.807) is 12.1 Å². The lowest BCUT2D eigenvalue weighted by Gasteiger charge is -2.34. The summed E-state index contributed by atoms with van der Waals surface area (Å²) < 4.78 is 46.4. The third-order valence-electron chi connectivity index (χ3n) is 5.56. The fourth-order valence-electron chi connectivity index (χ4n) is 3.81. The molecule has 2 aromatic carbocycles. The summed E-state index contributed by atoms with van der Waals surface area (Å²) in [5, 5.41) is 8.13. The second-order valence-electron chi connectivity index (χ2n) is 8.07. The fourth-order valence-corrected chi connectivity index (χ4v) is 3.81. The molecule has 1 saturated heterocycles. The van der Waals surface area contributed by atoms with E-state index in [-0.39, 0.29) is 11.7 Å². The molecule has 0 saturated carbocycles. The van der Waals surface area contributed by atoms with E-state index in [1.165, 1.54) is 12.1 Å². The van der Waals surface area contributed by atoms with Gasteiger partial charge in [-0.25, -0.2) is 0 Å². The Morgan fingerprint density at radius 2 is 1.68 bits per heavy atom. The molecule has 0 unspecified atom stereocenters. The van der Waals surface area contributed by atoms with Crippen LogP contribution in [0.2, 0.25) is 0 Å². The minimum absolute atomic E-state index is 0.0936. The molecule has 0 atom stereocenters. The van der Waals surface area contributed by atoms with E-state index in [9.17, 15) is 18.0 Å². The largest absolute Gasteiger partial charge is 0.573 e. The fraction of sp³-hybridized carbons (Fsp3) is 0.375. The van der Waals surface area contributed by atoms with Gasteiger partial charge in [0, 0.05) is 51.1 Å². The van der Waals surface area contributed by atoms with Gasteiger partial charge in [0.25, 0.3) is 0 Å². The molecule has 1 aromatic heterocycles. The summed E-state index contributed by atoms with van der Waals surface area (Å²) in [6.45, 7) is 3.25. The summed E-state index contributed by atoms with van der Waals surface area (Å²) >= 11 is 0. The minimum atomic E-state index is -4.69. The molecule has 3 aromatic rings. The molecular weight excluding hydrogens is 449 g/mol. The van der Waals surface area contributed by atoms with Crippen molar-refractivity contribution in [3.63, 3.8) is 0 Å². The van der Waals surface area contributed by atoms with Crippen LogP contribution in [0.15, 0.2) is 59.0 Å². The quantitative estimate of drug-likeness (QED) is 0.485. The lowest BCUT2D eigenvalue weighted by molar-refractivity contribution is -0.274. The number of hydrogen-bond donors (Lipinski definition) is 0. The normalized spacial score (nSPS) is 14.9. The first-order chi connectivity index (χ1) is 16.4. The Balaban J connectivity index is 1.17. The first-order valence-electron chi connectivity index (χ1n) is 11.1. The number of carbonyl (C=O) groups excluding carboxylic acids is 1. The van der Waals surface area contributed by atoms with Crippen molar-refractivity contribution in [2.24, 2.45) is 0 Å². The number of halogens is 3. The Bertz CT molecular complexity index is 1060. The molecule has 0 radical (unpaired) electrons. The van der Waals surface area contributed by atoms with Crippen LogP contribution in [0.5, 0.6) is 5.75 Å². The molecular formula is C24H25F3N4O3. The van der Waals surface area contributed by atoms with E-state index < -0.39 is 6.36 Å². The molecule has 1 aliphatic heterocycles. The Morgan fingerprint density at radius 3 is 2.35 bits per heavy atom. The molecule has 180 valence electrons. The maximum Gasteiger partial charge on any atom is 0.573 e. The van der Waals surface area contributed by atoms with Crippen molar-refractivity contribution in [3.8, 4) is 17.2 Å². The van der Waals surface area contributed by atoms with Gasteiger partial charge in [-0.1, -0.05) is 30.3 Å². The number of benzene rings is 2. The number of hydrogen-bond acceptors (Lipinski definition) is 6. The molecule has 0 spiro atoms. The zero-order valence-electron chi connectivity index (χ0n) is 18.5. The highest BCUT2D eigenvalue weighted by molar-refractivity contribution is 5.76. The van der Waals surface area contributed by atoms with Gasteiger partial charge >= 0.3 is 6.36 Å². The van der Waals surface area contributed by atoms with Crippen LogP contribution in [0, 0.1) is 0 Å². The predicted molar refractivity (Wildman–Crippen MR) is 118 cm³/mol. The second-order valence-corrected chi connectivity index (χ2v) is 8.07. The molecule has 34 heavy (non-hydrogen) atoms. The van der Waals surface area contributed by atoms with Crippen LogP contribution < -0.4 is 4.74 Å². The topological polar surface area (TPSA) is 71.7 Å². The van der Waals surface area contributed by atoms with Crippen LogP contribution in [0.4, 0.5) is 13.2 Å². The van der Waals surface area contributed by atoms with Gasteiger partial charge in [-0.05, 0) is 36.2 Å². The number of piperazine rings is 1. The maximum absolute atomic E-state index is 12.6. The van der Waals surface area contributed by atoms with Crippen LogP contribution in [-0.4, -0.2) is 58.4 Å². The van der Waals surface area contributed by atoms with E-state index in [0.29, 0.717) is 63.8 Å². The van der Waals surface area contributed by atoms with Crippen molar-refractivity contribution < 1.29 is 27.1 Å². The third kappa shape index (κ3) is 6.80. The SMILES string of the molecule is O=C(CCCc1nnc(-c2ccccc2)o1)N1CCN(Cc2ccc(OC(F)(F)F)cc2)CC1. The summed E-state index contributed by atoms with van der Waals surface area (Å²) in [6, 6.07) is 15.4. The van der Waals surface area contributed by atoms with Crippen molar-refractivity contribution in [2.45, 2.75) is 32.2 Å². The molecule has 1 aliphatic rings. The standard InChI is InChI=1S/C24H25F3N4O3/c25-24(26,27)34-20-11-9-18(10-12-20)17-30-13-15-31(16-14-30)22(32)8-4-7-21-28-29-23(33-21)19-5-2-1-3-6-19/h1-3,5-6,9-12H,4,7-8,13-17H2. The van der Waals surface area contributed by atoms with E-state index in [2.05, 4.69) is 19.8 Å². The van der Waals surface area contributed by atoms with Gasteiger partial charge in [0.2, 0.25) is 17.7 Å². The summed E-state index contributed by atoms with van der Waals surface area (Å²) in [5.74, 6) is 0.850. The predicted octanol–water partition coefficient (Wildman–Crippen LogP) is 4.30. The Morgan fingerprint density at radius 1 is 0.971 bits per heavy atom. The Labute approximate surface area is 195 Å². The number of ether oxygens (including phenoxy) is 1. The van der Waals surface area contributed by atoms with Gasteiger partial charge in [0.05, 0.1) is 0 Å². The number of rotatable bonds is 8. The molecule has 0 N–H and O–H groups in total. The lowest BCUT2D eigenvalue weighted by Crippen LogP contribution is -2.48.